The maximum absolute atomic E-state index is 12.0. The molecule has 0 saturated carbocycles. The van der Waals surface area contributed by atoms with Crippen LogP contribution >= 0.6 is 11.3 Å². The van der Waals surface area contributed by atoms with Crippen molar-refractivity contribution in [2.45, 2.75) is 57.7 Å². The molecule has 0 radical (unpaired) electrons. The van der Waals surface area contributed by atoms with Crippen LogP contribution in [0.25, 0.3) is 0 Å². The summed E-state index contributed by atoms with van der Waals surface area (Å²) in [5.41, 5.74) is -1.05. The Balaban J connectivity index is 2.43. The molecule has 0 aliphatic carbocycles. The number of aryl methyl sites for hydroxylation is 1. The lowest BCUT2D eigenvalue weighted by molar-refractivity contribution is -0.137. The monoisotopic (exact) mass is 280 g/mol. The molecule has 1 nitrogen and oxygen atoms in total. The van der Waals surface area contributed by atoms with Crippen molar-refractivity contribution in [1.82, 2.24) is 0 Å². The Kier molecular flexibility index (Phi) is 5.22. The average Bonchev–Trinajstić information content (AvgIpc) is 2.62. The van der Waals surface area contributed by atoms with Crippen LogP contribution in [0, 0.1) is 0 Å². The molecule has 1 aromatic rings. The molecule has 1 atom stereocenters. The van der Waals surface area contributed by atoms with Gasteiger partial charge >= 0.3 is 6.18 Å². The molecule has 104 valence electrons. The lowest BCUT2D eigenvalue weighted by Crippen LogP contribution is -2.27. The van der Waals surface area contributed by atoms with Crippen LogP contribution in [-0.4, -0.2) is 16.9 Å². The summed E-state index contributed by atoms with van der Waals surface area (Å²) in [6, 6.07) is 3.95. The van der Waals surface area contributed by atoms with E-state index in [0.29, 0.717) is 6.42 Å². The van der Waals surface area contributed by atoms with Gasteiger partial charge in [-0.25, -0.2) is 0 Å². The second-order valence-corrected chi connectivity index (χ2v) is 6.12. The number of thiophene rings is 1. The Labute approximate surface area is 110 Å². The number of alkyl halides is 3. The van der Waals surface area contributed by atoms with Crippen molar-refractivity contribution in [3.05, 3.63) is 21.9 Å². The molecule has 0 aromatic carbocycles. The van der Waals surface area contributed by atoms with E-state index < -0.39 is 18.2 Å². The predicted octanol–water partition coefficient (Wildman–Crippen LogP) is 4.34. The van der Waals surface area contributed by atoms with Crippen molar-refractivity contribution in [1.29, 1.82) is 0 Å². The Morgan fingerprint density at radius 1 is 1.17 bits per heavy atom. The molecular formula is C13H19F3OS. The quantitative estimate of drug-likeness (QED) is 0.822. The van der Waals surface area contributed by atoms with E-state index in [1.807, 2.05) is 12.1 Å². The molecule has 0 saturated heterocycles. The molecular weight excluding hydrogens is 261 g/mol. The third kappa shape index (κ3) is 5.87. The third-order valence-corrected chi connectivity index (χ3v) is 4.03. The topological polar surface area (TPSA) is 20.2 Å². The van der Waals surface area contributed by atoms with Crippen LogP contribution in [0.15, 0.2) is 12.1 Å². The number of halogens is 3. The smallest absolute Gasteiger partial charge is 0.389 e. The summed E-state index contributed by atoms with van der Waals surface area (Å²) in [6.45, 7) is 3.66. The summed E-state index contributed by atoms with van der Waals surface area (Å²) in [6.07, 6.45) is -3.44. The summed E-state index contributed by atoms with van der Waals surface area (Å²) in [4.78, 5) is 2.26. The van der Waals surface area contributed by atoms with E-state index >= 15 is 0 Å². The zero-order valence-electron chi connectivity index (χ0n) is 10.7. The number of hydrogen-bond acceptors (Lipinski definition) is 2. The van der Waals surface area contributed by atoms with Crippen LogP contribution < -0.4 is 0 Å². The summed E-state index contributed by atoms with van der Waals surface area (Å²) >= 11 is 1.62. The zero-order valence-corrected chi connectivity index (χ0v) is 11.5. The fourth-order valence-electron chi connectivity index (χ4n) is 1.84. The van der Waals surface area contributed by atoms with Crippen molar-refractivity contribution in [3.8, 4) is 0 Å². The molecule has 1 heterocycles. The minimum Gasteiger partial charge on any atom is -0.390 e. The van der Waals surface area contributed by atoms with Crippen LogP contribution in [0.1, 0.15) is 42.9 Å². The van der Waals surface area contributed by atoms with E-state index in [0.717, 1.165) is 11.3 Å². The first-order chi connectivity index (χ1) is 8.22. The van der Waals surface area contributed by atoms with Crippen molar-refractivity contribution in [2.75, 3.05) is 0 Å². The van der Waals surface area contributed by atoms with Gasteiger partial charge in [-0.1, -0.05) is 6.92 Å². The van der Waals surface area contributed by atoms with Gasteiger partial charge < -0.3 is 5.11 Å². The van der Waals surface area contributed by atoms with Crippen molar-refractivity contribution < 1.29 is 18.3 Å². The first kappa shape index (κ1) is 15.5. The second kappa shape index (κ2) is 6.06. The van der Waals surface area contributed by atoms with Gasteiger partial charge in [-0.05, 0) is 38.3 Å². The van der Waals surface area contributed by atoms with E-state index in [2.05, 4.69) is 6.92 Å². The van der Waals surface area contributed by atoms with Gasteiger partial charge in [0.2, 0.25) is 0 Å². The number of hydrogen-bond donors (Lipinski definition) is 1. The van der Waals surface area contributed by atoms with Gasteiger partial charge in [0.25, 0.3) is 0 Å². The molecule has 18 heavy (non-hydrogen) atoms. The highest BCUT2D eigenvalue weighted by Crippen LogP contribution is 2.28. The first-order valence-corrected chi connectivity index (χ1v) is 6.90. The molecule has 0 amide bonds. The van der Waals surface area contributed by atoms with E-state index in [1.165, 1.54) is 4.88 Å². The molecule has 1 rings (SSSR count). The first-order valence-electron chi connectivity index (χ1n) is 6.08. The molecule has 0 fully saturated rings. The van der Waals surface area contributed by atoms with Gasteiger partial charge in [0.05, 0.1) is 5.60 Å². The Bertz CT molecular complexity index is 369. The molecule has 5 heteroatoms. The van der Waals surface area contributed by atoms with E-state index in [1.54, 1.807) is 18.3 Å². The normalized spacial score (nSPS) is 15.7. The lowest BCUT2D eigenvalue weighted by atomic mass is 9.94. The number of aliphatic hydroxyl groups is 1. The van der Waals surface area contributed by atoms with Gasteiger partial charge in [0.15, 0.2) is 0 Å². The zero-order chi connectivity index (χ0) is 13.8. The Morgan fingerprint density at radius 2 is 1.78 bits per heavy atom. The number of rotatable bonds is 6. The summed E-state index contributed by atoms with van der Waals surface area (Å²) in [7, 11) is 0. The average molecular weight is 280 g/mol. The summed E-state index contributed by atoms with van der Waals surface area (Å²) in [5, 5.41) is 10.1. The predicted molar refractivity (Wildman–Crippen MR) is 67.9 cm³/mol. The highest BCUT2D eigenvalue weighted by molar-refractivity contribution is 7.12. The van der Waals surface area contributed by atoms with Crippen molar-refractivity contribution >= 4 is 11.3 Å². The van der Waals surface area contributed by atoms with E-state index in [4.69, 9.17) is 0 Å². The van der Waals surface area contributed by atoms with Crippen LogP contribution in [0.4, 0.5) is 13.2 Å². The SMILES string of the molecule is CCc1ccc(CC(C)(O)CCCC(F)(F)F)s1. The minimum atomic E-state index is -4.13. The van der Waals surface area contributed by atoms with Gasteiger partial charge in [-0.3, -0.25) is 0 Å². The second-order valence-electron chi connectivity index (χ2n) is 4.86. The summed E-state index contributed by atoms with van der Waals surface area (Å²) in [5.74, 6) is 0. The molecule has 0 aliphatic heterocycles. The minimum absolute atomic E-state index is 0.0253. The highest BCUT2D eigenvalue weighted by Gasteiger charge is 2.29. The van der Waals surface area contributed by atoms with Gasteiger partial charge in [0.1, 0.15) is 0 Å². The maximum Gasteiger partial charge on any atom is 0.389 e. The fraction of sp³-hybridized carbons (Fsp3) is 0.692. The molecule has 1 aromatic heterocycles. The van der Waals surface area contributed by atoms with Gasteiger partial charge in [-0.2, -0.15) is 13.2 Å². The molecule has 1 N–H and O–H groups in total. The van der Waals surface area contributed by atoms with Crippen LogP contribution in [-0.2, 0) is 12.8 Å². The standard InChI is InChI=1S/C13H19F3OS/c1-3-10-5-6-11(18-10)9-12(2,17)7-4-8-13(14,15)16/h5-6,17H,3-4,7-9H2,1-2H3. The molecule has 0 aliphatic rings. The van der Waals surface area contributed by atoms with E-state index in [-0.39, 0.29) is 12.8 Å². The van der Waals surface area contributed by atoms with Crippen LogP contribution in [0.5, 0.6) is 0 Å². The largest absolute Gasteiger partial charge is 0.390 e. The van der Waals surface area contributed by atoms with Crippen molar-refractivity contribution in [3.63, 3.8) is 0 Å². The summed E-state index contributed by atoms with van der Waals surface area (Å²) < 4.78 is 36.1. The molecule has 1 unspecified atom stereocenters. The van der Waals surface area contributed by atoms with Crippen molar-refractivity contribution in [2.24, 2.45) is 0 Å². The van der Waals surface area contributed by atoms with E-state index in [9.17, 15) is 18.3 Å². The fourth-order valence-corrected chi connectivity index (χ4v) is 2.98. The lowest BCUT2D eigenvalue weighted by Gasteiger charge is -2.22. The highest BCUT2D eigenvalue weighted by atomic mass is 32.1. The van der Waals surface area contributed by atoms with Gasteiger partial charge in [0, 0.05) is 22.6 Å². The Morgan fingerprint density at radius 3 is 2.28 bits per heavy atom. The Hall–Kier alpha value is -0.550. The van der Waals surface area contributed by atoms with Crippen LogP contribution in [0.2, 0.25) is 0 Å². The molecule has 0 bridgehead atoms. The maximum atomic E-state index is 12.0. The molecule has 0 spiro atoms. The van der Waals surface area contributed by atoms with Crippen LogP contribution in [0.3, 0.4) is 0 Å². The van der Waals surface area contributed by atoms with Gasteiger partial charge in [-0.15, -0.1) is 11.3 Å². The third-order valence-electron chi connectivity index (χ3n) is 2.80.